The van der Waals surface area contributed by atoms with E-state index in [0.29, 0.717) is 11.4 Å². The van der Waals surface area contributed by atoms with E-state index >= 15 is 0 Å². The second kappa shape index (κ2) is 6.09. The molecule has 0 unspecified atom stereocenters. The van der Waals surface area contributed by atoms with Crippen LogP contribution in [0.1, 0.15) is 16.7 Å². The number of amidine groups is 1. The lowest BCUT2D eigenvalue weighted by Crippen LogP contribution is -2.21. The van der Waals surface area contributed by atoms with Gasteiger partial charge >= 0.3 is 0 Å². The van der Waals surface area contributed by atoms with Gasteiger partial charge in [0, 0.05) is 12.6 Å². The Labute approximate surface area is 141 Å². The first-order valence-electron chi connectivity index (χ1n) is 7.29. The molecule has 0 radical (unpaired) electrons. The van der Waals surface area contributed by atoms with Crippen LogP contribution in [0.4, 0.5) is 0 Å². The van der Waals surface area contributed by atoms with Gasteiger partial charge < -0.3 is 4.74 Å². The number of rotatable bonds is 3. The van der Waals surface area contributed by atoms with E-state index in [4.69, 9.17) is 4.74 Å². The Kier molecular flexibility index (Phi) is 4.11. The van der Waals surface area contributed by atoms with E-state index in [1.165, 1.54) is 5.01 Å². The van der Waals surface area contributed by atoms with Gasteiger partial charge in [-0.15, -0.1) is 4.40 Å². The van der Waals surface area contributed by atoms with Crippen LogP contribution in [0.15, 0.2) is 56.9 Å². The third kappa shape index (κ3) is 2.90. The van der Waals surface area contributed by atoms with Gasteiger partial charge in [-0.3, -0.25) is 0 Å². The molecule has 0 bridgehead atoms. The van der Waals surface area contributed by atoms with Crippen LogP contribution in [-0.4, -0.2) is 39.6 Å². The van der Waals surface area contributed by atoms with Gasteiger partial charge in [0.15, 0.2) is 5.84 Å². The lowest BCUT2D eigenvalue weighted by Gasteiger charge is -2.12. The Bertz CT molecular complexity index is 949. The highest BCUT2D eigenvalue weighted by molar-refractivity contribution is 7.90. The molecule has 2 aromatic rings. The van der Waals surface area contributed by atoms with E-state index in [0.717, 1.165) is 16.9 Å². The van der Waals surface area contributed by atoms with Crippen LogP contribution in [0.5, 0.6) is 5.75 Å². The number of hydrogen-bond donors (Lipinski definition) is 0. The maximum atomic E-state index is 12.1. The second-order valence-corrected chi connectivity index (χ2v) is 6.96. The number of nitrogens with zero attached hydrogens (tertiary/aromatic N) is 3. The molecule has 0 aromatic heterocycles. The first-order chi connectivity index (χ1) is 11.4. The number of aryl methyl sites for hydroxylation is 1. The van der Waals surface area contributed by atoms with E-state index in [9.17, 15) is 8.42 Å². The van der Waals surface area contributed by atoms with Crippen LogP contribution in [0.25, 0.3) is 0 Å². The fourth-order valence-corrected chi connectivity index (χ4v) is 3.68. The first kappa shape index (κ1) is 16.2. The minimum absolute atomic E-state index is 0.207. The zero-order valence-electron chi connectivity index (χ0n) is 13.6. The topological polar surface area (TPSA) is 71.3 Å². The second-order valence-electron chi connectivity index (χ2n) is 5.38. The zero-order chi connectivity index (χ0) is 17.3. The predicted octanol–water partition coefficient (Wildman–Crippen LogP) is 2.42. The maximum Gasteiger partial charge on any atom is 0.285 e. The molecule has 0 saturated heterocycles. The molecule has 0 aliphatic carbocycles. The molecule has 0 saturated carbocycles. The van der Waals surface area contributed by atoms with E-state index in [2.05, 4.69) is 9.50 Å². The standard InChI is InChI=1S/C17H17N3O3S/c1-12-8-9-13(10-15(12)23-3)11-18-20(2)17-14-6-4-5-7-16(14)24(21,22)19-17/h4-11H,1-3H3/b18-11+. The Morgan fingerprint density at radius 1 is 1.21 bits per heavy atom. The van der Waals surface area contributed by atoms with Crippen molar-refractivity contribution in [3.63, 3.8) is 0 Å². The summed E-state index contributed by atoms with van der Waals surface area (Å²) in [7, 11) is -0.366. The number of ether oxygens (including phenoxy) is 1. The van der Waals surface area contributed by atoms with Crippen molar-refractivity contribution in [3.05, 3.63) is 59.2 Å². The van der Waals surface area contributed by atoms with E-state index in [-0.39, 0.29) is 4.90 Å². The monoisotopic (exact) mass is 343 g/mol. The molecule has 0 N–H and O–H groups in total. The number of hydrogen-bond acceptors (Lipinski definition) is 5. The summed E-state index contributed by atoms with van der Waals surface area (Å²) in [6.07, 6.45) is 1.64. The van der Waals surface area contributed by atoms with E-state index in [1.54, 1.807) is 44.6 Å². The molecular weight excluding hydrogens is 326 g/mol. The lowest BCUT2D eigenvalue weighted by atomic mass is 10.1. The van der Waals surface area contributed by atoms with Crippen LogP contribution in [0.2, 0.25) is 0 Å². The highest BCUT2D eigenvalue weighted by atomic mass is 32.2. The van der Waals surface area contributed by atoms with Crippen molar-refractivity contribution < 1.29 is 13.2 Å². The van der Waals surface area contributed by atoms with Gasteiger partial charge in [-0.2, -0.15) is 13.5 Å². The molecule has 7 heteroatoms. The SMILES string of the molecule is COc1cc(/C=N/N(C)C2=NS(=O)(=O)c3ccccc32)ccc1C. The molecule has 124 valence electrons. The molecule has 2 aromatic carbocycles. The van der Waals surface area contributed by atoms with Crippen LogP contribution in [0, 0.1) is 6.92 Å². The minimum Gasteiger partial charge on any atom is -0.496 e. The molecule has 0 spiro atoms. The van der Waals surface area contributed by atoms with Crippen LogP contribution < -0.4 is 4.74 Å². The highest BCUT2D eigenvalue weighted by Gasteiger charge is 2.30. The van der Waals surface area contributed by atoms with Gasteiger partial charge in [0.05, 0.1) is 13.3 Å². The average molecular weight is 343 g/mol. The molecule has 3 rings (SSSR count). The van der Waals surface area contributed by atoms with Crippen LogP contribution >= 0.6 is 0 Å². The fourth-order valence-electron chi connectivity index (χ4n) is 2.45. The Hall–Kier alpha value is -2.67. The average Bonchev–Trinajstić information content (AvgIpc) is 2.86. The van der Waals surface area contributed by atoms with Crippen molar-refractivity contribution >= 4 is 22.1 Å². The number of methoxy groups -OCH3 is 1. The molecule has 1 aliphatic heterocycles. The fraction of sp³-hybridized carbons (Fsp3) is 0.176. The Balaban J connectivity index is 1.90. The first-order valence-corrected chi connectivity index (χ1v) is 8.73. The van der Waals surface area contributed by atoms with Crippen LogP contribution in [-0.2, 0) is 10.0 Å². The number of benzene rings is 2. The van der Waals surface area contributed by atoms with Gasteiger partial charge in [-0.1, -0.05) is 24.3 Å². The van der Waals surface area contributed by atoms with Gasteiger partial charge in [0.25, 0.3) is 10.0 Å². The van der Waals surface area contributed by atoms with Crippen molar-refractivity contribution in [2.45, 2.75) is 11.8 Å². The van der Waals surface area contributed by atoms with Crippen molar-refractivity contribution in [1.29, 1.82) is 0 Å². The highest BCUT2D eigenvalue weighted by Crippen LogP contribution is 2.27. The van der Waals surface area contributed by atoms with E-state index in [1.807, 2.05) is 25.1 Å². The van der Waals surface area contributed by atoms with Crippen molar-refractivity contribution in [3.8, 4) is 5.75 Å². The van der Waals surface area contributed by atoms with Gasteiger partial charge in [-0.25, -0.2) is 5.01 Å². The number of fused-ring (bicyclic) bond motifs is 1. The van der Waals surface area contributed by atoms with Crippen molar-refractivity contribution in [1.82, 2.24) is 5.01 Å². The van der Waals surface area contributed by atoms with Crippen molar-refractivity contribution in [2.24, 2.45) is 9.50 Å². The van der Waals surface area contributed by atoms with Crippen molar-refractivity contribution in [2.75, 3.05) is 14.2 Å². The molecule has 6 nitrogen and oxygen atoms in total. The molecule has 24 heavy (non-hydrogen) atoms. The Morgan fingerprint density at radius 3 is 2.71 bits per heavy atom. The predicted molar refractivity (Wildman–Crippen MR) is 93.3 cm³/mol. The van der Waals surface area contributed by atoms with Gasteiger partial charge in [0.2, 0.25) is 0 Å². The van der Waals surface area contributed by atoms with Crippen LogP contribution in [0.3, 0.4) is 0 Å². The summed E-state index contributed by atoms with van der Waals surface area (Å²) in [6, 6.07) is 12.4. The summed E-state index contributed by atoms with van der Waals surface area (Å²) in [5, 5.41) is 5.76. The van der Waals surface area contributed by atoms with E-state index < -0.39 is 10.0 Å². The summed E-state index contributed by atoms with van der Waals surface area (Å²) in [5.74, 6) is 1.08. The summed E-state index contributed by atoms with van der Waals surface area (Å²) >= 11 is 0. The third-order valence-corrected chi connectivity index (χ3v) is 5.06. The summed E-state index contributed by atoms with van der Waals surface area (Å²) in [6.45, 7) is 1.96. The molecular formula is C17H17N3O3S. The molecule has 1 aliphatic rings. The zero-order valence-corrected chi connectivity index (χ0v) is 14.4. The smallest absolute Gasteiger partial charge is 0.285 e. The summed E-state index contributed by atoms with van der Waals surface area (Å²) in [5.41, 5.74) is 2.43. The summed E-state index contributed by atoms with van der Waals surface area (Å²) in [4.78, 5) is 0.207. The molecule has 0 atom stereocenters. The quantitative estimate of drug-likeness (QED) is 0.634. The molecule has 0 amide bonds. The normalized spacial score (nSPS) is 15.2. The summed E-state index contributed by atoms with van der Waals surface area (Å²) < 4.78 is 33.3. The van der Waals surface area contributed by atoms with Gasteiger partial charge in [-0.05, 0) is 36.2 Å². The number of hydrazone groups is 1. The maximum absolute atomic E-state index is 12.1. The largest absolute Gasteiger partial charge is 0.496 e. The Morgan fingerprint density at radius 2 is 1.96 bits per heavy atom. The third-order valence-electron chi connectivity index (χ3n) is 3.73. The number of sulfonamides is 1. The molecule has 1 heterocycles. The van der Waals surface area contributed by atoms with Gasteiger partial charge in [0.1, 0.15) is 10.6 Å². The molecule has 0 fully saturated rings. The lowest BCUT2D eigenvalue weighted by molar-refractivity contribution is 0.411. The minimum atomic E-state index is -3.65.